The number of carbonyl (C=O) groups excluding carboxylic acids is 4. The van der Waals surface area contributed by atoms with Crippen LogP contribution in [0.15, 0.2) is 121 Å². The van der Waals surface area contributed by atoms with Crippen LogP contribution in [-0.4, -0.2) is 75.1 Å². The van der Waals surface area contributed by atoms with Gasteiger partial charge in [-0.1, -0.05) is 109 Å². The molecule has 3 aliphatic heterocycles. The Morgan fingerprint density at radius 2 is 1.03 bits per heavy atom. The lowest BCUT2D eigenvalue weighted by Gasteiger charge is -2.27. The van der Waals surface area contributed by atoms with Crippen molar-refractivity contribution < 1.29 is 28.7 Å². The smallest absolute Gasteiger partial charge is 0.417 e. The summed E-state index contributed by atoms with van der Waals surface area (Å²) < 4.78 is 11.0. The molecule has 4 aromatic rings. The minimum Gasteiger partial charge on any atom is -0.443 e. The van der Waals surface area contributed by atoms with E-state index in [0.29, 0.717) is 37.7 Å². The second-order valence-corrected chi connectivity index (χ2v) is 17.4. The first kappa shape index (κ1) is 41.9. The van der Waals surface area contributed by atoms with E-state index in [1.165, 1.54) is 20.9 Å². The second-order valence-electron chi connectivity index (χ2n) is 17.4. The van der Waals surface area contributed by atoms with Gasteiger partial charge in [-0.15, -0.1) is 0 Å². The van der Waals surface area contributed by atoms with Crippen molar-refractivity contribution in [2.45, 2.75) is 110 Å². The van der Waals surface area contributed by atoms with Crippen LogP contribution in [0, 0.1) is 0 Å². The summed E-state index contributed by atoms with van der Waals surface area (Å²) in [4.78, 5) is 55.5. The van der Waals surface area contributed by atoms with Crippen molar-refractivity contribution >= 4 is 24.0 Å². The van der Waals surface area contributed by atoms with Crippen LogP contribution in [0.25, 0.3) is 22.3 Å². The second kappa shape index (κ2) is 18.3. The summed E-state index contributed by atoms with van der Waals surface area (Å²) >= 11 is 0. The molecule has 4 aromatic carbocycles. The molecule has 3 aliphatic rings. The van der Waals surface area contributed by atoms with Crippen molar-refractivity contribution in [2.24, 2.45) is 0 Å². The molecule has 58 heavy (non-hydrogen) atoms. The van der Waals surface area contributed by atoms with Crippen LogP contribution in [0.2, 0.25) is 0 Å². The van der Waals surface area contributed by atoms with Gasteiger partial charge in [-0.3, -0.25) is 9.59 Å². The molecular weight excluding hydrogens is 727 g/mol. The molecule has 0 aliphatic carbocycles. The van der Waals surface area contributed by atoms with Gasteiger partial charge in [-0.05, 0) is 107 Å². The number of ether oxygens (including phenoxy) is 2. The molecule has 0 spiro atoms. The Morgan fingerprint density at radius 3 is 1.50 bits per heavy atom. The fourth-order valence-corrected chi connectivity index (χ4v) is 7.63. The molecule has 3 fully saturated rings. The first-order valence-corrected chi connectivity index (χ1v) is 20.5. The molecular formula is C49H57N3O6. The predicted octanol–water partition coefficient (Wildman–Crippen LogP) is 10.2. The zero-order valence-electron chi connectivity index (χ0n) is 34.8. The van der Waals surface area contributed by atoms with Gasteiger partial charge in [0.2, 0.25) is 5.91 Å². The molecule has 0 aromatic heterocycles. The summed E-state index contributed by atoms with van der Waals surface area (Å²) in [6, 6.07) is 36.7. The Hall–Kier alpha value is -5.70. The number of hydrogen-bond donors (Lipinski definition) is 0. The van der Waals surface area contributed by atoms with E-state index in [1.807, 2.05) is 84.1 Å². The summed E-state index contributed by atoms with van der Waals surface area (Å²) in [5.41, 5.74) is 6.28. The Labute approximate surface area is 343 Å². The van der Waals surface area contributed by atoms with E-state index in [1.54, 1.807) is 0 Å². The third-order valence-corrected chi connectivity index (χ3v) is 10.4. The highest BCUT2D eigenvalue weighted by molar-refractivity contribution is 6.05. The normalized spacial score (nSPS) is 19.0. The monoisotopic (exact) mass is 783 g/mol. The van der Waals surface area contributed by atoms with Crippen LogP contribution in [0.3, 0.4) is 0 Å². The molecule has 9 heteroatoms. The third kappa shape index (κ3) is 11.2. The summed E-state index contributed by atoms with van der Waals surface area (Å²) in [7, 11) is 0. The maximum Gasteiger partial charge on any atom is 0.417 e. The highest BCUT2D eigenvalue weighted by atomic mass is 16.6. The Balaban J connectivity index is 0.000000200. The van der Waals surface area contributed by atoms with Gasteiger partial charge in [-0.25, -0.2) is 19.4 Å². The quantitative estimate of drug-likeness (QED) is 0.172. The topological polar surface area (TPSA) is 96.5 Å². The van der Waals surface area contributed by atoms with Crippen molar-refractivity contribution in [1.29, 1.82) is 0 Å². The van der Waals surface area contributed by atoms with Crippen LogP contribution >= 0.6 is 0 Å². The first-order valence-electron chi connectivity index (χ1n) is 20.5. The zero-order chi connectivity index (χ0) is 41.5. The molecule has 3 saturated heterocycles. The number of hydrogen-bond acceptors (Lipinski definition) is 7. The summed E-state index contributed by atoms with van der Waals surface area (Å²) in [5, 5.41) is 0. The van der Waals surface area contributed by atoms with E-state index in [4.69, 9.17) is 9.47 Å². The summed E-state index contributed by atoms with van der Waals surface area (Å²) in [6.45, 7) is 12.8. The van der Waals surface area contributed by atoms with Gasteiger partial charge in [0.05, 0.1) is 6.04 Å². The van der Waals surface area contributed by atoms with Crippen LogP contribution in [-0.2, 0) is 31.9 Å². The lowest BCUT2D eigenvalue weighted by Crippen LogP contribution is -2.43. The number of carbonyl (C=O) groups is 4. The van der Waals surface area contributed by atoms with E-state index in [-0.39, 0.29) is 23.9 Å². The molecule has 304 valence electrons. The Morgan fingerprint density at radius 1 is 0.603 bits per heavy atom. The largest absolute Gasteiger partial charge is 0.443 e. The number of amides is 4. The van der Waals surface area contributed by atoms with Gasteiger partial charge < -0.3 is 14.4 Å². The van der Waals surface area contributed by atoms with Crippen molar-refractivity contribution in [1.82, 2.24) is 14.7 Å². The number of imide groups is 2. The predicted molar refractivity (Wildman–Crippen MR) is 228 cm³/mol. The molecule has 2 atom stereocenters. The van der Waals surface area contributed by atoms with E-state index in [9.17, 15) is 19.2 Å². The van der Waals surface area contributed by atoms with Crippen molar-refractivity contribution in [3.8, 4) is 22.3 Å². The van der Waals surface area contributed by atoms with Gasteiger partial charge in [-0.2, -0.15) is 0 Å². The number of rotatable bonds is 7. The number of nitrogens with zero attached hydrogens (tertiary/aromatic N) is 3. The van der Waals surface area contributed by atoms with E-state index >= 15 is 0 Å². The van der Waals surface area contributed by atoms with E-state index in [0.717, 1.165) is 48.2 Å². The molecule has 0 unspecified atom stereocenters. The minimum atomic E-state index is -0.652. The molecule has 9 nitrogen and oxygen atoms in total. The maximum absolute atomic E-state index is 13.2. The van der Waals surface area contributed by atoms with Crippen molar-refractivity contribution in [3.05, 3.63) is 132 Å². The van der Waals surface area contributed by atoms with E-state index in [2.05, 4.69) is 77.7 Å². The minimum absolute atomic E-state index is 0.139. The molecule has 7 rings (SSSR count). The molecule has 0 saturated carbocycles. The lowest BCUT2D eigenvalue weighted by molar-refractivity contribution is -0.128. The van der Waals surface area contributed by atoms with Gasteiger partial charge >= 0.3 is 12.2 Å². The molecule has 0 radical (unpaired) electrons. The van der Waals surface area contributed by atoms with Gasteiger partial charge in [0, 0.05) is 43.7 Å². The van der Waals surface area contributed by atoms with Gasteiger partial charge in [0.1, 0.15) is 11.2 Å². The summed E-state index contributed by atoms with van der Waals surface area (Å²) in [5.74, 6) is -0.373. The number of likely N-dealkylation sites (tertiary alicyclic amines) is 3. The van der Waals surface area contributed by atoms with Crippen molar-refractivity contribution in [3.63, 3.8) is 0 Å². The highest BCUT2D eigenvalue weighted by Gasteiger charge is 2.42. The first-order chi connectivity index (χ1) is 27.6. The Kier molecular flexibility index (Phi) is 13.2. The van der Waals surface area contributed by atoms with Crippen LogP contribution < -0.4 is 0 Å². The fraction of sp³-hybridized carbons (Fsp3) is 0.388. The van der Waals surface area contributed by atoms with E-state index < -0.39 is 23.4 Å². The van der Waals surface area contributed by atoms with Gasteiger partial charge in [0.15, 0.2) is 0 Å². The standard InChI is InChI=1S/C27H32N2O3.C22H25NO3/c1-27(2,3)32-26(31)29-24(18-23(25(29)30)19-28-15-7-8-16-28)17-20-11-13-22(14-12-20)21-9-5-4-6-10-21;1-22(2,3)26-21(25)23-19(13-14-20(23)24)15-16-9-11-18(12-10-16)17-7-5-4-6-8-17/h4-6,9-14,19,24H,7-8,15-18H2,1-3H3;4-12,19H,13-15H2,1-3H3/t24-;19-/m10/s1. The molecule has 4 amide bonds. The fourth-order valence-electron chi connectivity index (χ4n) is 7.63. The highest BCUT2D eigenvalue weighted by Crippen LogP contribution is 2.31. The van der Waals surface area contributed by atoms with Crippen LogP contribution in [0.1, 0.15) is 84.8 Å². The lowest BCUT2D eigenvalue weighted by atomic mass is 9.99. The van der Waals surface area contributed by atoms with Crippen LogP contribution in [0.5, 0.6) is 0 Å². The number of benzene rings is 4. The SMILES string of the molecule is CC(C)(C)OC(=O)N1C(=O)C(=CN2CCCC2)C[C@H]1Cc1ccc(-c2ccccc2)cc1.CC(C)(C)OC(=O)N1C(=O)CC[C@H]1Cc1ccc(-c2ccccc2)cc1. The Bertz CT molecular complexity index is 2060. The molecule has 0 N–H and O–H groups in total. The average Bonchev–Trinajstić information content (AvgIpc) is 3.91. The zero-order valence-corrected chi connectivity index (χ0v) is 34.8. The molecule has 3 heterocycles. The maximum atomic E-state index is 13.2. The van der Waals surface area contributed by atoms with Gasteiger partial charge in [0.25, 0.3) is 5.91 Å². The summed E-state index contributed by atoms with van der Waals surface area (Å²) in [6.07, 6.45) is 6.04. The third-order valence-electron chi connectivity index (χ3n) is 10.4. The van der Waals surface area contributed by atoms with Crippen LogP contribution in [0.4, 0.5) is 9.59 Å². The average molecular weight is 784 g/mol. The van der Waals surface area contributed by atoms with Crippen molar-refractivity contribution in [2.75, 3.05) is 13.1 Å². The molecule has 0 bridgehead atoms.